The van der Waals surface area contributed by atoms with Crippen LogP contribution in [0.1, 0.15) is 16.7 Å². The van der Waals surface area contributed by atoms with Crippen molar-refractivity contribution < 1.29 is 27.4 Å². The number of hydrogen-bond acceptors (Lipinski definition) is 3. The first-order chi connectivity index (χ1) is 14.9. The molecule has 0 fully saturated rings. The Balaban J connectivity index is 2.26. The van der Waals surface area contributed by atoms with Gasteiger partial charge in [0, 0.05) is 0 Å². The van der Waals surface area contributed by atoms with Crippen molar-refractivity contribution in [3.63, 3.8) is 0 Å². The van der Waals surface area contributed by atoms with Gasteiger partial charge in [-0.05, 0) is 0 Å². The Morgan fingerprint density at radius 2 is 0.710 bits per heavy atom. The molecule has 3 aromatic carbocycles. The fourth-order valence-corrected chi connectivity index (χ4v) is 13.2. The van der Waals surface area contributed by atoms with E-state index in [1.165, 1.54) is 16.7 Å². The van der Waals surface area contributed by atoms with Crippen LogP contribution in [0.25, 0.3) is 0 Å². The van der Waals surface area contributed by atoms with E-state index in [1.54, 1.807) is 7.12 Å². The summed E-state index contributed by atoms with van der Waals surface area (Å²) in [6, 6.07) is 27.6. The predicted octanol–water partition coefficient (Wildman–Crippen LogP) is 2.77. The molecule has 3 rings (SSSR count). The first-order valence-corrected chi connectivity index (χ1v) is 15.3. The van der Waals surface area contributed by atoms with Crippen LogP contribution in [0.2, 0.25) is 0 Å². The molecule has 0 aliphatic rings. The molecule has 4 heteroatoms. The van der Waals surface area contributed by atoms with Gasteiger partial charge in [0.2, 0.25) is 0 Å². The van der Waals surface area contributed by atoms with Gasteiger partial charge in [-0.3, -0.25) is 0 Å². The molecule has 0 heterocycles. The Morgan fingerprint density at radius 3 is 0.968 bits per heavy atom. The van der Waals surface area contributed by atoms with E-state index in [2.05, 4.69) is 130 Å². The van der Waals surface area contributed by atoms with Gasteiger partial charge in [-0.25, -0.2) is 0 Å². The van der Waals surface area contributed by atoms with Gasteiger partial charge in [-0.15, -0.1) is 0 Å². The van der Waals surface area contributed by atoms with Crippen molar-refractivity contribution in [2.24, 2.45) is 0 Å². The van der Waals surface area contributed by atoms with Crippen LogP contribution in [0.3, 0.4) is 0 Å². The number of nitrogens with zero attached hydrogens (tertiary/aromatic N) is 3. The van der Waals surface area contributed by atoms with Crippen LogP contribution in [-0.2, 0) is 47.1 Å². The molecule has 0 unspecified atom stereocenters. The Labute approximate surface area is 199 Å². The van der Waals surface area contributed by atoms with Gasteiger partial charge < -0.3 is 0 Å². The number of rotatable bonds is 9. The molecule has 0 radical (unpaired) electrons. The summed E-state index contributed by atoms with van der Waals surface area (Å²) in [5, 5.41) is 0. The van der Waals surface area contributed by atoms with Crippen LogP contribution < -0.4 is 7.12 Å². The summed E-state index contributed by atoms with van der Waals surface area (Å²) in [7, 11) is 13.0. The standard InChI is InChI=1S/3C9H12N.Y/c3*1-10(2)8-9-6-4-3-5-7-9;/h3*3-6H,8H2,1-2H3;. The van der Waals surface area contributed by atoms with Crippen LogP contribution in [-0.4, -0.2) is 57.0 Å². The fourth-order valence-electron chi connectivity index (χ4n) is 4.40. The quantitative estimate of drug-likeness (QED) is 0.456. The molecular formula is C27H36N3Y. The van der Waals surface area contributed by atoms with E-state index in [-0.39, 0.29) is 0 Å². The van der Waals surface area contributed by atoms with Crippen molar-refractivity contribution in [1.82, 2.24) is 14.7 Å². The van der Waals surface area contributed by atoms with Crippen LogP contribution in [0, 0.1) is 0 Å². The number of hydrogen-bond donors (Lipinski definition) is 0. The second-order valence-corrected chi connectivity index (χ2v) is 16.0. The Hall–Kier alpha value is -1.36. The van der Waals surface area contributed by atoms with E-state index in [0.29, 0.717) is 0 Å². The van der Waals surface area contributed by atoms with E-state index in [1.807, 2.05) is 0 Å². The fraction of sp³-hybridized carbons (Fsp3) is 0.333. The molecule has 162 valence electrons. The maximum atomic E-state index is 2.42. The molecule has 0 amide bonds. The van der Waals surface area contributed by atoms with Crippen molar-refractivity contribution in [2.45, 2.75) is 19.6 Å². The minimum absolute atomic E-state index is 0.981. The third-order valence-corrected chi connectivity index (χ3v) is 14.3. The summed E-state index contributed by atoms with van der Waals surface area (Å²) in [6.07, 6.45) is 0. The molecule has 0 spiro atoms. The summed E-state index contributed by atoms with van der Waals surface area (Å²) in [5.74, 6) is 0. The summed E-state index contributed by atoms with van der Waals surface area (Å²) in [6.45, 7) is 2.94. The Morgan fingerprint density at radius 1 is 0.452 bits per heavy atom. The zero-order chi connectivity index (χ0) is 22.4. The molecule has 3 nitrogen and oxygen atoms in total. The summed E-state index contributed by atoms with van der Waals surface area (Å²) in [4.78, 5) is 6.87. The van der Waals surface area contributed by atoms with Crippen LogP contribution in [0.5, 0.6) is 0 Å². The van der Waals surface area contributed by atoms with E-state index >= 15 is 0 Å². The zero-order valence-corrected chi connectivity index (χ0v) is 22.8. The van der Waals surface area contributed by atoms with Crippen LogP contribution in [0.15, 0.2) is 72.8 Å². The molecule has 0 bridgehead atoms. The molecule has 0 atom stereocenters. The first-order valence-electron chi connectivity index (χ1n) is 11.0. The van der Waals surface area contributed by atoms with Crippen molar-refractivity contribution in [1.29, 1.82) is 0 Å². The van der Waals surface area contributed by atoms with Crippen LogP contribution in [0.4, 0.5) is 0 Å². The molecule has 0 saturated carbocycles. The van der Waals surface area contributed by atoms with E-state index in [9.17, 15) is 0 Å². The third kappa shape index (κ3) is 6.57. The van der Waals surface area contributed by atoms with Gasteiger partial charge in [-0.1, -0.05) is 0 Å². The van der Waals surface area contributed by atoms with Crippen LogP contribution >= 0.6 is 0 Å². The van der Waals surface area contributed by atoms with Gasteiger partial charge in [0.15, 0.2) is 0 Å². The van der Waals surface area contributed by atoms with Crippen molar-refractivity contribution >= 4 is 7.12 Å². The second-order valence-electron chi connectivity index (χ2n) is 9.24. The Bertz CT molecular complexity index is 854. The average Bonchev–Trinajstić information content (AvgIpc) is 2.70. The van der Waals surface area contributed by atoms with E-state index in [0.717, 1.165) is 19.6 Å². The molecule has 0 N–H and O–H groups in total. The van der Waals surface area contributed by atoms with Gasteiger partial charge >= 0.3 is 201 Å². The minimum atomic E-state index is -2.65. The average molecular weight is 492 g/mol. The molecule has 0 saturated heterocycles. The van der Waals surface area contributed by atoms with Crippen molar-refractivity contribution in [3.05, 3.63) is 89.5 Å². The van der Waals surface area contributed by atoms with Gasteiger partial charge in [-0.2, -0.15) is 0 Å². The summed E-state index contributed by atoms with van der Waals surface area (Å²) >= 11 is -2.65. The van der Waals surface area contributed by atoms with E-state index < -0.39 is 27.4 Å². The summed E-state index contributed by atoms with van der Waals surface area (Å²) < 4.78 is 4.82. The Kier molecular flexibility index (Phi) is 9.00. The molecule has 31 heavy (non-hydrogen) atoms. The third-order valence-electron chi connectivity index (χ3n) is 5.56. The van der Waals surface area contributed by atoms with E-state index in [4.69, 9.17) is 0 Å². The molecule has 0 aliphatic heterocycles. The predicted molar refractivity (Wildman–Crippen MR) is 130 cm³/mol. The van der Waals surface area contributed by atoms with Gasteiger partial charge in [0.05, 0.1) is 0 Å². The summed E-state index contributed by atoms with van der Waals surface area (Å²) in [5.41, 5.74) is 4.44. The number of benzene rings is 3. The normalized spacial score (nSPS) is 11.5. The first kappa shape index (κ1) is 24.3. The second kappa shape index (κ2) is 11.5. The maximum absolute atomic E-state index is 2.65. The SMILES string of the molecule is CN(C)Cc1cccc[c]1[Y]([c]1ccccc1CN(C)C)[c]1ccccc1CN(C)C. The van der Waals surface area contributed by atoms with Gasteiger partial charge in [0.25, 0.3) is 0 Å². The molecule has 0 aromatic heterocycles. The molecule has 3 aromatic rings. The van der Waals surface area contributed by atoms with Crippen molar-refractivity contribution in [3.8, 4) is 0 Å². The zero-order valence-electron chi connectivity index (χ0n) is 20.0. The van der Waals surface area contributed by atoms with Crippen molar-refractivity contribution in [2.75, 3.05) is 42.3 Å². The topological polar surface area (TPSA) is 9.72 Å². The molecule has 0 aliphatic carbocycles. The monoisotopic (exact) mass is 491 g/mol. The van der Waals surface area contributed by atoms with Gasteiger partial charge in [0.1, 0.15) is 0 Å². The molecular weight excluding hydrogens is 455 g/mol.